The van der Waals surface area contributed by atoms with E-state index in [4.69, 9.17) is 0 Å². The summed E-state index contributed by atoms with van der Waals surface area (Å²) >= 11 is 1.68. The largest absolute Gasteiger partial charge is 0.352 e. The maximum absolute atomic E-state index is 12.9. The Morgan fingerprint density at radius 3 is 2.52 bits per heavy atom. The number of nitrogens with one attached hydrogen (secondary N) is 1. The highest BCUT2D eigenvalue weighted by Crippen LogP contribution is 2.07. The molecule has 1 heterocycles. The van der Waals surface area contributed by atoms with E-state index in [2.05, 4.69) is 27.1 Å². The molecule has 2 rings (SSSR count). The number of benzene rings is 1. The monoisotopic (exact) mass is 419 g/mol. The van der Waals surface area contributed by atoms with Gasteiger partial charge in [-0.05, 0) is 40.1 Å². The Morgan fingerprint density at radius 1 is 1.24 bits per heavy atom. The van der Waals surface area contributed by atoms with E-state index in [0.29, 0.717) is 6.54 Å². The molecule has 3 nitrogen and oxygen atoms in total. The minimum atomic E-state index is -0.212. The predicted octanol–water partition coefficient (Wildman–Crippen LogP) is 3.71. The highest BCUT2D eigenvalue weighted by Gasteiger charge is 2.06. The molecule has 6 heteroatoms. The van der Waals surface area contributed by atoms with Gasteiger partial charge in [0.15, 0.2) is 5.96 Å². The standard InChI is InChI=1S/C15H18FN3S.HI/c1-17-15(18-9-13-7-8-20-11-13)19(2)10-12-3-5-14(16)6-4-12;/h3-8,11H,9-10H2,1-2H3,(H,17,18);1H. The summed E-state index contributed by atoms with van der Waals surface area (Å²) in [7, 11) is 3.73. The van der Waals surface area contributed by atoms with Crippen molar-refractivity contribution in [3.05, 3.63) is 58.0 Å². The zero-order chi connectivity index (χ0) is 14.4. The predicted molar refractivity (Wildman–Crippen MR) is 97.8 cm³/mol. The second-order valence-electron chi connectivity index (χ2n) is 4.51. The van der Waals surface area contributed by atoms with Crippen LogP contribution in [0.1, 0.15) is 11.1 Å². The van der Waals surface area contributed by atoms with E-state index in [1.165, 1.54) is 17.7 Å². The molecule has 1 aromatic heterocycles. The van der Waals surface area contributed by atoms with Crippen LogP contribution in [-0.4, -0.2) is 25.0 Å². The lowest BCUT2D eigenvalue weighted by atomic mass is 10.2. The molecule has 0 bridgehead atoms. The van der Waals surface area contributed by atoms with Crippen LogP contribution < -0.4 is 5.32 Å². The van der Waals surface area contributed by atoms with Crippen LogP contribution in [0.3, 0.4) is 0 Å². The van der Waals surface area contributed by atoms with E-state index in [0.717, 1.165) is 18.1 Å². The SMILES string of the molecule is CN=C(NCc1ccsc1)N(C)Cc1ccc(F)cc1.I. The molecule has 0 fully saturated rings. The van der Waals surface area contributed by atoms with E-state index in [9.17, 15) is 4.39 Å². The zero-order valence-corrected chi connectivity index (χ0v) is 15.2. The van der Waals surface area contributed by atoms with E-state index in [1.807, 2.05) is 11.9 Å². The fourth-order valence-corrected chi connectivity index (χ4v) is 2.57. The third kappa shape index (κ3) is 5.62. The molecule has 0 radical (unpaired) electrons. The van der Waals surface area contributed by atoms with Crippen LogP contribution in [0, 0.1) is 5.82 Å². The first-order valence-electron chi connectivity index (χ1n) is 6.36. The molecule has 2 aromatic rings. The summed E-state index contributed by atoms with van der Waals surface area (Å²) < 4.78 is 12.9. The van der Waals surface area contributed by atoms with Gasteiger partial charge >= 0.3 is 0 Å². The lowest BCUT2D eigenvalue weighted by molar-refractivity contribution is 0.476. The van der Waals surface area contributed by atoms with Gasteiger partial charge in [0.05, 0.1) is 0 Å². The number of thiophene rings is 1. The summed E-state index contributed by atoms with van der Waals surface area (Å²) in [5.74, 6) is 0.608. The van der Waals surface area contributed by atoms with Crippen LogP contribution in [-0.2, 0) is 13.1 Å². The van der Waals surface area contributed by atoms with Gasteiger partial charge in [0.2, 0.25) is 0 Å². The van der Waals surface area contributed by atoms with Crippen LogP contribution in [0.25, 0.3) is 0 Å². The van der Waals surface area contributed by atoms with Crippen molar-refractivity contribution in [2.75, 3.05) is 14.1 Å². The summed E-state index contributed by atoms with van der Waals surface area (Å²) in [6.07, 6.45) is 0. The molecule has 114 valence electrons. The summed E-state index contributed by atoms with van der Waals surface area (Å²) in [4.78, 5) is 6.28. The molecular formula is C15H19FIN3S. The fraction of sp³-hybridized carbons (Fsp3) is 0.267. The zero-order valence-electron chi connectivity index (χ0n) is 12.0. The molecular weight excluding hydrogens is 400 g/mol. The minimum absolute atomic E-state index is 0. The minimum Gasteiger partial charge on any atom is -0.352 e. The smallest absolute Gasteiger partial charge is 0.193 e. The molecule has 1 N–H and O–H groups in total. The van der Waals surface area contributed by atoms with E-state index < -0.39 is 0 Å². The Labute approximate surface area is 145 Å². The molecule has 0 aliphatic carbocycles. The Hall–Kier alpha value is -1.15. The number of hydrogen-bond donors (Lipinski definition) is 1. The number of guanidine groups is 1. The lowest BCUT2D eigenvalue weighted by Gasteiger charge is -2.22. The van der Waals surface area contributed by atoms with Crippen molar-refractivity contribution in [3.63, 3.8) is 0 Å². The topological polar surface area (TPSA) is 27.6 Å². The van der Waals surface area contributed by atoms with Gasteiger partial charge < -0.3 is 10.2 Å². The van der Waals surface area contributed by atoms with Gasteiger partial charge in [0, 0.05) is 27.2 Å². The van der Waals surface area contributed by atoms with Gasteiger partial charge in [-0.3, -0.25) is 4.99 Å². The second-order valence-corrected chi connectivity index (χ2v) is 5.29. The molecule has 0 aliphatic heterocycles. The van der Waals surface area contributed by atoms with Crippen LogP contribution >= 0.6 is 35.3 Å². The number of halogens is 2. The first-order chi connectivity index (χ1) is 9.69. The Kier molecular flexibility index (Phi) is 7.66. The van der Waals surface area contributed by atoms with Crippen molar-refractivity contribution in [2.24, 2.45) is 4.99 Å². The van der Waals surface area contributed by atoms with E-state index in [-0.39, 0.29) is 29.8 Å². The molecule has 0 saturated carbocycles. The van der Waals surface area contributed by atoms with Gasteiger partial charge in [-0.15, -0.1) is 24.0 Å². The molecule has 0 atom stereocenters. The van der Waals surface area contributed by atoms with Crippen LogP contribution in [0.2, 0.25) is 0 Å². The van der Waals surface area contributed by atoms with Crippen LogP contribution in [0.15, 0.2) is 46.1 Å². The quantitative estimate of drug-likeness (QED) is 0.465. The first-order valence-corrected chi connectivity index (χ1v) is 7.30. The molecule has 1 aromatic carbocycles. The average Bonchev–Trinajstić information content (AvgIpc) is 2.95. The summed E-state index contributed by atoms with van der Waals surface area (Å²) in [6, 6.07) is 8.62. The summed E-state index contributed by atoms with van der Waals surface area (Å²) in [6.45, 7) is 1.44. The normalized spacial score (nSPS) is 10.9. The highest BCUT2D eigenvalue weighted by molar-refractivity contribution is 14.0. The maximum atomic E-state index is 12.9. The third-order valence-corrected chi connectivity index (χ3v) is 3.67. The number of nitrogens with zero attached hydrogens (tertiary/aromatic N) is 2. The molecule has 0 amide bonds. The summed E-state index contributed by atoms with van der Waals surface area (Å²) in [5.41, 5.74) is 2.29. The highest BCUT2D eigenvalue weighted by atomic mass is 127. The molecule has 0 saturated heterocycles. The van der Waals surface area contributed by atoms with Crippen LogP contribution in [0.4, 0.5) is 4.39 Å². The van der Waals surface area contributed by atoms with Crippen molar-refractivity contribution in [2.45, 2.75) is 13.1 Å². The third-order valence-electron chi connectivity index (χ3n) is 2.94. The van der Waals surface area contributed by atoms with Gasteiger partial charge in [0.25, 0.3) is 0 Å². The van der Waals surface area contributed by atoms with E-state index >= 15 is 0 Å². The van der Waals surface area contributed by atoms with Gasteiger partial charge in [-0.1, -0.05) is 12.1 Å². The van der Waals surface area contributed by atoms with Crippen LogP contribution in [0.5, 0.6) is 0 Å². The van der Waals surface area contributed by atoms with Crippen molar-refractivity contribution in [3.8, 4) is 0 Å². The number of aliphatic imine (C=N–C) groups is 1. The molecule has 0 spiro atoms. The van der Waals surface area contributed by atoms with Gasteiger partial charge in [-0.25, -0.2) is 4.39 Å². The summed E-state index contributed by atoms with van der Waals surface area (Å²) in [5, 5.41) is 7.48. The Morgan fingerprint density at radius 2 is 1.95 bits per heavy atom. The molecule has 0 aliphatic rings. The Balaban J connectivity index is 0.00000220. The molecule has 0 unspecified atom stereocenters. The van der Waals surface area contributed by atoms with Gasteiger partial charge in [0.1, 0.15) is 5.82 Å². The van der Waals surface area contributed by atoms with Crippen molar-refractivity contribution in [1.82, 2.24) is 10.2 Å². The van der Waals surface area contributed by atoms with Gasteiger partial charge in [-0.2, -0.15) is 11.3 Å². The number of rotatable bonds is 4. The first kappa shape index (κ1) is 17.9. The van der Waals surface area contributed by atoms with Crippen molar-refractivity contribution in [1.29, 1.82) is 0 Å². The van der Waals surface area contributed by atoms with Crippen molar-refractivity contribution < 1.29 is 4.39 Å². The lowest BCUT2D eigenvalue weighted by Crippen LogP contribution is -2.37. The van der Waals surface area contributed by atoms with Crippen molar-refractivity contribution >= 4 is 41.3 Å². The van der Waals surface area contributed by atoms with E-state index in [1.54, 1.807) is 30.5 Å². The Bertz CT molecular complexity index is 555. The fourth-order valence-electron chi connectivity index (χ4n) is 1.90. The molecule has 21 heavy (non-hydrogen) atoms. The maximum Gasteiger partial charge on any atom is 0.193 e. The average molecular weight is 419 g/mol. The number of hydrogen-bond acceptors (Lipinski definition) is 2. The second kappa shape index (κ2) is 8.99.